The number of cyclic esters (lactones) is 1. The Labute approximate surface area is 209 Å². The third kappa shape index (κ3) is 7.66. The summed E-state index contributed by atoms with van der Waals surface area (Å²) in [5, 5.41) is 9.89. The maximum absolute atomic E-state index is 12.5. The molecular formula is C28H43NO6. The minimum atomic E-state index is -0.597. The summed E-state index contributed by atoms with van der Waals surface area (Å²) >= 11 is 0. The Morgan fingerprint density at radius 2 is 1.94 bits per heavy atom. The van der Waals surface area contributed by atoms with E-state index < -0.39 is 6.10 Å². The van der Waals surface area contributed by atoms with Crippen LogP contribution in [0.1, 0.15) is 79.1 Å². The van der Waals surface area contributed by atoms with Gasteiger partial charge in [0.1, 0.15) is 12.2 Å². The standard InChI is InChI=1S/C24H36O5.C4H7NO/c1-5-15(3)24(27)29-21-11-14(2)10-17-7-6-16(4)20(23(17)21)9-8-19-12-18(25)13-22(26)28-19;5-4(6)3-1-2-3/h6-7,10,14-16,18-21,23,25H,5,8-9,11-13H2,1-4H3;3H,1-2H2,(H2,5,6)/t14-,15-,16-,18+,19-,20-,21-,23-;/m0./s1. The lowest BCUT2D eigenvalue weighted by atomic mass is 9.65. The summed E-state index contributed by atoms with van der Waals surface area (Å²) in [6.07, 6.45) is 11.7. The molecule has 0 radical (unpaired) electrons. The zero-order chi connectivity index (χ0) is 25.7. The minimum absolute atomic E-state index is 0.0854. The number of primary amides is 1. The largest absolute Gasteiger partial charge is 0.462 e. The number of esters is 2. The van der Waals surface area contributed by atoms with Gasteiger partial charge in [0.15, 0.2) is 0 Å². The van der Waals surface area contributed by atoms with Crippen LogP contribution in [0.4, 0.5) is 0 Å². The van der Waals surface area contributed by atoms with Crippen LogP contribution in [0.5, 0.6) is 0 Å². The molecule has 1 heterocycles. The van der Waals surface area contributed by atoms with Crippen LogP contribution >= 0.6 is 0 Å². The first-order chi connectivity index (χ1) is 16.6. The molecule has 7 heteroatoms. The van der Waals surface area contributed by atoms with Crippen LogP contribution in [0, 0.1) is 35.5 Å². The number of aliphatic hydroxyl groups excluding tert-OH is 1. The molecule has 3 aliphatic carbocycles. The number of ether oxygens (including phenoxy) is 2. The van der Waals surface area contributed by atoms with Crippen LogP contribution < -0.4 is 5.73 Å². The third-order valence-corrected chi connectivity index (χ3v) is 7.91. The smallest absolute Gasteiger partial charge is 0.308 e. The summed E-state index contributed by atoms with van der Waals surface area (Å²) in [7, 11) is 0. The van der Waals surface area contributed by atoms with Gasteiger partial charge in [-0.05, 0) is 61.9 Å². The number of hydrogen-bond donors (Lipinski definition) is 2. The maximum atomic E-state index is 12.5. The van der Waals surface area contributed by atoms with Crippen molar-refractivity contribution < 1.29 is 29.0 Å². The number of aliphatic hydroxyl groups is 1. The molecule has 0 spiro atoms. The SMILES string of the molecule is CC[C@H](C)C(=O)O[C@H]1C[C@@H](C)C=C2C=C[C@H](C)[C@H](CC[C@H]3C[C@@H](O)CC(=O)O3)[C@H]21.NC(=O)C1CC1. The second kappa shape index (κ2) is 12.2. The molecule has 196 valence electrons. The van der Waals surface area contributed by atoms with E-state index in [9.17, 15) is 19.5 Å². The van der Waals surface area contributed by atoms with Crippen molar-refractivity contribution in [1.29, 1.82) is 0 Å². The summed E-state index contributed by atoms with van der Waals surface area (Å²) in [5.74, 6) is 0.866. The highest BCUT2D eigenvalue weighted by Gasteiger charge is 2.42. The zero-order valence-electron chi connectivity index (χ0n) is 21.7. The van der Waals surface area contributed by atoms with Gasteiger partial charge in [-0.15, -0.1) is 0 Å². The van der Waals surface area contributed by atoms with E-state index in [-0.39, 0.29) is 54.2 Å². The Hall–Kier alpha value is -2.15. The molecule has 0 bridgehead atoms. The lowest BCUT2D eigenvalue weighted by Gasteiger charge is -2.43. The Balaban J connectivity index is 0.000000497. The van der Waals surface area contributed by atoms with Crippen LogP contribution in [0.2, 0.25) is 0 Å². The van der Waals surface area contributed by atoms with Gasteiger partial charge in [0, 0.05) is 18.3 Å². The average molecular weight is 490 g/mol. The Kier molecular flexibility index (Phi) is 9.56. The van der Waals surface area contributed by atoms with E-state index in [0.29, 0.717) is 24.2 Å². The fourth-order valence-electron chi connectivity index (χ4n) is 5.44. The van der Waals surface area contributed by atoms with Gasteiger partial charge in [-0.1, -0.05) is 45.9 Å². The van der Waals surface area contributed by atoms with Gasteiger partial charge in [0.25, 0.3) is 0 Å². The average Bonchev–Trinajstić information content (AvgIpc) is 3.63. The molecule has 0 aromatic carbocycles. The van der Waals surface area contributed by atoms with Crippen LogP contribution in [0.25, 0.3) is 0 Å². The fraction of sp³-hybridized carbons (Fsp3) is 0.750. The van der Waals surface area contributed by atoms with Crippen LogP contribution in [0.15, 0.2) is 23.8 Å². The van der Waals surface area contributed by atoms with E-state index in [1.54, 1.807) is 0 Å². The van der Waals surface area contributed by atoms with Gasteiger partial charge in [-0.2, -0.15) is 0 Å². The number of carbonyl (C=O) groups excluding carboxylic acids is 3. The predicted octanol–water partition coefficient (Wildman–Crippen LogP) is 4.08. The second-order valence-corrected chi connectivity index (χ2v) is 11.0. The molecule has 35 heavy (non-hydrogen) atoms. The molecule has 0 aromatic rings. The highest BCUT2D eigenvalue weighted by atomic mass is 16.5. The normalized spacial score (nSPS) is 34.9. The van der Waals surface area contributed by atoms with Gasteiger partial charge in [-0.25, -0.2) is 0 Å². The number of rotatable bonds is 7. The van der Waals surface area contributed by atoms with Gasteiger partial charge in [-0.3, -0.25) is 14.4 Å². The number of allylic oxidation sites excluding steroid dienone is 3. The van der Waals surface area contributed by atoms with E-state index >= 15 is 0 Å². The first-order valence-corrected chi connectivity index (χ1v) is 13.4. The molecule has 8 atom stereocenters. The molecule has 2 fully saturated rings. The highest BCUT2D eigenvalue weighted by Crippen LogP contribution is 2.45. The molecule has 0 unspecified atom stereocenters. The van der Waals surface area contributed by atoms with Crippen molar-refractivity contribution >= 4 is 17.8 Å². The van der Waals surface area contributed by atoms with Crippen molar-refractivity contribution in [3.63, 3.8) is 0 Å². The Morgan fingerprint density at radius 1 is 1.23 bits per heavy atom. The Bertz CT molecular complexity index is 831. The summed E-state index contributed by atoms with van der Waals surface area (Å²) in [6, 6.07) is 0. The van der Waals surface area contributed by atoms with Crippen molar-refractivity contribution in [2.24, 2.45) is 41.2 Å². The maximum Gasteiger partial charge on any atom is 0.308 e. The van der Waals surface area contributed by atoms with Gasteiger partial charge in [0.05, 0.1) is 18.4 Å². The quantitative estimate of drug-likeness (QED) is 0.521. The molecule has 7 nitrogen and oxygen atoms in total. The minimum Gasteiger partial charge on any atom is -0.462 e. The van der Waals surface area contributed by atoms with Crippen molar-refractivity contribution in [3.05, 3.63) is 23.8 Å². The van der Waals surface area contributed by atoms with Crippen molar-refractivity contribution in [1.82, 2.24) is 0 Å². The van der Waals surface area contributed by atoms with Crippen molar-refractivity contribution in [2.45, 2.75) is 97.4 Å². The van der Waals surface area contributed by atoms with Crippen molar-refractivity contribution in [2.75, 3.05) is 0 Å². The van der Waals surface area contributed by atoms with E-state index in [1.807, 2.05) is 13.8 Å². The lowest BCUT2D eigenvalue weighted by Crippen LogP contribution is -2.42. The molecule has 1 saturated carbocycles. The van der Waals surface area contributed by atoms with Gasteiger partial charge in [0.2, 0.25) is 5.91 Å². The fourth-order valence-corrected chi connectivity index (χ4v) is 5.44. The molecule has 1 saturated heterocycles. The van der Waals surface area contributed by atoms with Gasteiger partial charge < -0.3 is 20.3 Å². The van der Waals surface area contributed by atoms with Gasteiger partial charge >= 0.3 is 11.9 Å². The monoisotopic (exact) mass is 489 g/mol. The number of hydrogen-bond acceptors (Lipinski definition) is 6. The first kappa shape index (κ1) is 27.4. The van der Waals surface area contributed by atoms with E-state index in [2.05, 4.69) is 32.1 Å². The molecule has 1 amide bonds. The zero-order valence-corrected chi connectivity index (χ0v) is 21.7. The molecule has 4 aliphatic rings. The summed E-state index contributed by atoms with van der Waals surface area (Å²) in [5.41, 5.74) is 6.13. The highest BCUT2D eigenvalue weighted by molar-refractivity contribution is 5.78. The van der Waals surface area contributed by atoms with Crippen LogP contribution in [0.3, 0.4) is 0 Å². The number of nitrogens with two attached hydrogens (primary N) is 1. The Morgan fingerprint density at radius 3 is 2.51 bits per heavy atom. The molecule has 4 rings (SSSR count). The van der Waals surface area contributed by atoms with Crippen LogP contribution in [-0.4, -0.2) is 41.3 Å². The summed E-state index contributed by atoms with van der Waals surface area (Å²) in [6.45, 7) is 8.33. The molecule has 3 N–H and O–H groups in total. The number of carbonyl (C=O) groups is 3. The third-order valence-electron chi connectivity index (χ3n) is 7.91. The second-order valence-electron chi connectivity index (χ2n) is 11.0. The number of fused-ring (bicyclic) bond motifs is 1. The molecule has 0 aromatic heterocycles. The molecule has 1 aliphatic heterocycles. The summed E-state index contributed by atoms with van der Waals surface area (Å²) in [4.78, 5) is 34.2. The van der Waals surface area contributed by atoms with Crippen LogP contribution in [-0.2, 0) is 23.9 Å². The van der Waals surface area contributed by atoms with Crippen molar-refractivity contribution in [3.8, 4) is 0 Å². The van der Waals surface area contributed by atoms with E-state index in [4.69, 9.17) is 15.2 Å². The van der Waals surface area contributed by atoms with E-state index in [1.165, 1.54) is 5.57 Å². The topological polar surface area (TPSA) is 116 Å². The lowest BCUT2D eigenvalue weighted by molar-refractivity contribution is -0.162. The summed E-state index contributed by atoms with van der Waals surface area (Å²) < 4.78 is 11.5. The molecular weight excluding hydrogens is 446 g/mol. The predicted molar refractivity (Wildman–Crippen MR) is 133 cm³/mol. The first-order valence-electron chi connectivity index (χ1n) is 13.4. The van der Waals surface area contributed by atoms with E-state index in [0.717, 1.165) is 38.5 Å². The number of amides is 1.